The Labute approximate surface area is 105 Å². The minimum absolute atomic E-state index is 0.219. The van der Waals surface area contributed by atoms with Crippen molar-refractivity contribution in [2.45, 2.75) is 51.5 Å². The van der Waals surface area contributed by atoms with E-state index in [-0.39, 0.29) is 11.5 Å². The molecule has 1 aliphatic heterocycles. The van der Waals surface area contributed by atoms with Crippen LogP contribution < -0.4 is 11.1 Å². The Kier molecular flexibility index (Phi) is 3.17. The smallest absolute Gasteiger partial charge is 0.0376 e. The molecule has 0 aliphatic carbocycles. The van der Waals surface area contributed by atoms with E-state index < -0.39 is 0 Å². The second-order valence-corrected chi connectivity index (χ2v) is 6.34. The molecule has 2 atom stereocenters. The molecule has 2 heteroatoms. The molecule has 17 heavy (non-hydrogen) atoms. The molecule has 2 nitrogen and oxygen atoms in total. The SMILES string of the molecule is CC(N)CC1CNc2ccc(C(C)(C)C)cc21. The zero-order valence-electron chi connectivity index (χ0n) is 11.4. The molecule has 3 N–H and O–H groups in total. The molecule has 2 rings (SSSR count). The molecule has 1 aromatic carbocycles. The van der Waals surface area contributed by atoms with Crippen LogP contribution in [0, 0.1) is 0 Å². The number of hydrogen-bond donors (Lipinski definition) is 2. The summed E-state index contributed by atoms with van der Waals surface area (Å²) in [5.74, 6) is 0.576. The summed E-state index contributed by atoms with van der Waals surface area (Å²) in [5.41, 5.74) is 10.3. The quantitative estimate of drug-likeness (QED) is 0.821. The summed E-state index contributed by atoms with van der Waals surface area (Å²) in [5, 5.41) is 3.48. The highest BCUT2D eigenvalue weighted by molar-refractivity contribution is 5.59. The second-order valence-electron chi connectivity index (χ2n) is 6.34. The van der Waals surface area contributed by atoms with Crippen molar-refractivity contribution in [1.82, 2.24) is 0 Å². The van der Waals surface area contributed by atoms with Crippen LogP contribution in [-0.2, 0) is 5.41 Å². The first-order valence-corrected chi connectivity index (χ1v) is 6.52. The van der Waals surface area contributed by atoms with Gasteiger partial charge in [0.25, 0.3) is 0 Å². The van der Waals surface area contributed by atoms with Crippen molar-refractivity contribution in [2.24, 2.45) is 5.73 Å². The molecule has 94 valence electrons. The van der Waals surface area contributed by atoms with Crippen molar-refractivity contribution >= 4 is 5.69 Å². The first-order chi connectivity index (χ1) is 7.88. The van der Waals surface area contributed by atoms with Gasteiger partial charge < -0.3 is 11.1 Å². The lowest BCUT2D eigenvalue weighted by Gasteiger charge is -2.21. The lowest BCUT2D eigenvalue weighted by atomic mass is 9.84. The summed E-state index contributed by atoms with van der Waals surface area (Å²) >= 11 is 0. The maximum Gasteiger partial charge on any atom is 0.0376 e. The number of hydrogen-bond acceptors (Lipinski definition) is 2. The number of rotatable bonds is 2. The topological polar surface area (TPSA) is 38.0 Å². The van der Waals surface area contributed by atoms with Gasteiger partial charge in [-0.15, -0.1) is 0 Å². The van der Waals surface area contributed by atoms with Gasteiger partial charge in [-0.2, -0.15) is 0 Å². The van der Waals surface area contributed by atoms with Crippen LogP contribution in [-0.4, -0.2) is 12.6 Å². The molecule has 1 heterocycles. The third kappa shape index (κ3) is 2.63. The van der Waals surface area contributed by atoms with E-state index in [4.69, 9.17) is 5.73 Å². The van der Waals surface area contributed by atoms with Crippen LogP contribution >= 0.6 is 0 Å². The Morgan fingerprint density at radius 1 is 1.41 bits per heavy atom. The van der Waals surface area contributed by atoms with Gasteiger partial charge in [0.1, 0.15) is 0 Å². The summed E-state index contributed by atoms with van der Waals surface area (Å²) in [6.45, 7) is 9.91. The largest absolute Gasteiger partial charge is 0.384 e. The summed E-state index contributed by atoms with van der Waals surface area (Å²) in [6, 6.07) is 7.09. The molecule has 0 radical (unpaired) electrons. The normalized spacial score (nSPS) is 20.9. The Morgan fingerprint density at radius 3 is 2.71 bits per heavy atom. The molecule has 2 unspecified atom stereocenters. The standard InChI is InChI=1S/C15H24N2/c1-10(16)7-11-9-17-14-6-5-12(8-13(11)14)15(2,3)4/h5-6,8,10-11,17H,7,9,16H2,1-4H3. The summed E-state index contributed by atoms with van der Waals surface area (Å²) in [7, 11) is 0. The van der Waals surface area contributed by atoms with E-state index in [0.29, 0.717) is 5.92 Å². The zero-order valence-corrected chi connectivity index (χ0v) is 11.4. The van der Waals surface area contributed by atoms with Crippen LogP contribution in [0.2, 0.25) is 0 Å². The number of nitrogens with one attached hydrogen (secondary N) is 1. The summed E-state index contributed by atoms with van der Waals surface area (Å²) in [4.78, 5) is 0. The summed E-state index contributed by atoms with van der Waals surface area (Å²) in [6.07, 6.45) is 1.06. The van der Waals surface area contributed by atoms with E-state index in [2.05, 4.69) is 51.2 Å². The van der Waals surface area contributed by atoms with E-state index in [1.807, 2.05) is 0 Å². The number of benzene rings is 1. The molecule has 0 amide bonds. The fraction of sp³-hybridized carbons (Fsp3) is 0.600. The van der Waals surface area contributed by atoms with Gasteiger partial charge in [0.2, 0.25) is 0 Å². The minimum Gasteiger partial charge on any atom is -0.384 e. The average Bonchev–Trinajstić information content (AvgIpc) is 2.59. The molecular formula is C15H24N2. The first kappa shape index (κ1) is 12.4. The van der Waals surface area contributed by atoms with Crippen LogP contribution in [0.3, 0.4) is 0 Å². The van der Waals surface area contributed by atoms with Crippen LogP contribution in [0.4, 0.5) is 5.69 Å². The molecule has 0 saturated carbocycles. The lowest BCUT2D eigenvalue weighted by molar-refractivity contribution is 0.574. The van der Waals surface area contributed by atoms with Gasteiger partial charge >= 0.3 is 0 Å². The van der Waals surface area contributed by atoms with E-state index in [1.165, 1.54) is 16.8 Å². The molecule has 0 spiro atoms. The second kappa shape index (κ2) is 4.34. The van der Waals surface area contributed by atoms with Crippen molar-refractivity contribution in [3.63, 3.8) is 0 Å². The number of fused-ring (bicyclic) bond motifs is 1. The van der Waals surface area contributed by atoms with Gasteiger partial charge in [0.05, 0.1) is 0 Å². The molecule has 0 aromatic heterocycles. The molecule has 1 aromatic rings. The highest BCUT2D eigenvalue weighted by Gasteiger charge is 2.25. The Balaban J connectivity index is 2.31. The van der Waals surface area contributed by atoms with Crippen LogP contribution in [0.15, 0.2) is 18.2 Å². The van der Waals surface area contributed by atoms with E-state index in [1.54, 1.807) is 0 Å². The third-order valence-corrected chi connectivity index (χ3v) is 3.55. The molecule has 0 bridgehead atoms. The maximum absolute atomic E-state index is 5.93. The van der Waals surface area contributed by atoms with Crippen molar-refractivity contribution < 1.29 is 0 Å². The lowest BCUT2D eigenvalue weighted by Crippen LogP contribution is -2.19. The van der Waals surface area contributed by atoms with Gasteiger partial charge in [-0.1, -0.05) is 32.9 Å². The summed E-state index contributed by atoms with van der Waals surface area (Å²) < 4.78 is 0. The van der Waals surface area contributed by atoms with E-state index >= 15 is 0 Å². The highest BCUT2D eigenvalue weighted by atomic mass is 14.9. The Hall–Kier alpha value is -1.02. The van der Waals surface area contributed by atoms with Crippen LogP contribution in [0.5, 0.6) is 0 Å². The predicted molar refractivity (Wildman–Crippen MR) is 74.6 cm³/mol. The van der Waals surface area contributed by atoms with Crippen LogP contribution in [0.1, 0.15) is 51.2 Å². The van der Waals surface area contributed by atoms with Gasteiger partial charge in [-0.3, -0.25) is 0 Å². The fourth-order valence-electron chi connectivity index (χ4n) is 2.53. The molecule has 1 aliphatic rings. The number of nitrogens with two attached hydrogens (primary N) is 1. The van der Waals surface area contributed by atoms with Crippen molar-refractivity contribution in [1.29, 1.82) is 0 Å². The monoisotopic (exact) mass is 232 g/mol. The van der Waals surface area contributed by atoms with E-state index in [0.717, 1.165) is 13.0 Å². The highest BCUT2D eigenvalue weighted by Crippen LogP contribution is 2.37. The van der Waals surface area contributed by atoms with Gasteiger partial charge in [0, 0.05) is 24.2 Å². The van der Waals surface area contributed by atoms with Crippen molar-refractivity contribution in [3.8, 4) is 0 Å². The van der Waals surface area contributed by atoms with Gasteiger partial charge in [-0.05, 0) is 36.0 Å². The van der Waals surface area contributed by atoms with Gasteiger partial charge in [0.15, 0.2) is 0 Å². The Morgan fingerprint density at radius 2 is 2.12 bits per heavy atom. The Bertz CT molecular complexity index is 402. The fourth-order valence-corrected chi connectivity index (χ4v) is 2.53. The molecule has 0 saturated heterocycles. The third-order valence-electron chi connectivity index (χ3n) is 3.55. The van der Waals surface area contributed by atoms with E-state index in [9.17, 15) is 0 Å². The maximum atomic E-state index is 5.93. The minimum atomic E-state index is 0.219. The van der Waals surface area contributed by atoms with Gasteiger partial charge in [-0.25, -0.2) is 0 Å². The van der Waals surface area contributed by atoms with Crippen molar-refractivity contribution in [2.75, 3.05) is 11.9 Å². The number of anilines is 1. The molecule has 0 fully saturated rings. The zero-order chi connectivity index (χ0) is 12.6. The van der Waals surface area contributed by atoms with Crippen molar-refractivity contribution in [3.05, 3.63) is 29.3 Å². The average molecular weight is 232 g/mol. The first-order valence-electron chi connectivity index (χ1n) is 6.52. The predicted octanol–water partition coefficient (Wildman–Crippen LogP) is 3.23. The molecular weight excluding hydrogens is 208 g/mol. The van der Waals surface area contributed by atoms with Crippen LogP contribution in [0.25, 0.3) is 0 Å².